The van der Waals surface area contributed by atoms with E-state index in [4.69, 9.17) is 0 Å². The summed E-state index contributed by atoms with van der Waals surface area (Å²) in [6.45, 7) is 4.89. The number of nitrogens with one attached hydrogen (secondary N) is 1. The van der Waals surface area contributed by atoms with Crippen molar-refractivity contribution in [2.75, 3.05) is 33.2 Å². The minimum atomic E-state index is 0.762. The Labute approximate surface area is 117 Å². The molecule has 1 atom stereocenters. The number of rotatable bonds is 3. The first kappa shape index (κ1) is 13.1. The van der Waals surface area contributed by atoms with Gasteiger partial charge in [-0.05, 0) is 75.3 Å². The van der Waals surface area contributed by atoms with Crippen molar-refractivity contribution in [3.05, 3.63) is 35.4 Å². The molecular formula is C17H26N2. The van der Waals surface area contributed by atoms with E-state index in [9.17, 15) is 0 Å². The summed E-state index contributed by atoms with van der Waals surface area (Å²) in [5, 5.41) is 3.45. The molecule has 0 aliphatic carbocycles. The van der Waals surface area contributed by atoms with Crippen LogP contribution in [0.1, 0.15) is 36.3 Å². The molecule has 2 nitrogen and oxygen atoms in total. The quantitative estimate of drug-likeness (QED) is 0.896. The van der Waals surface area contributed by atoms with Crippen LogP contribution in [0, 0.1) is 5.92 Å². The second kappa shape index (κ2) is 6.06. The van der Waals surface area contributed by atoms with Crippen LogP contribution < -0.4 is 5.32 Å². The predicted molar refractivity (Wildman–Crippen MR) is 80.6 cm³/mol. The van der Waals surface area contributed by atoms with Crippen molar-refractivity contribution in [3.63, 3.8) is 0 Å². The zero-order valence-corrected chi connectivity index (χ0v) is 12.1. The molecule has 1 aromatic carbocycles. The smallest absolute Gasteiger partial charge is 0.00477 e. The molecule has 1 aromatic rings. The van der Waals surface area contributed by atoms with Crippen LogP contribution in [0.2, 0.25) is 0 Å². The van der Waals surface area contributed by atoms with Gasteiger partial charge in [0.15, 0.2) is 0 Å². The number of likely N-dealkylation sites (tertiary alicyclic amines) is 1. The molecule has 3 rings (SSSR count). The maximum Gasteiger partial charge on any atom is 0.00477 e. The highest BCUT2D eigenvalue weighted by atomic mass is 15.1. The summed E-state index contributed by atoms with van der Waals surface area (Å²) in [5.74, 6) is 1.66. The molecule has 1 unspecified atom stereocenters. The van der Waals surface area contributed by atoms with E-state index in [1.54, 1.807) is 5.56 Å². The van der Waals surface area contributed by atoms with E-state index in [0.717, 1.165) is 11.8 Å². The molecule has 2 aliphatic rings. The van der Waals surface area contributed by atoms with E-state index < -0.39 is 0 Å². The molecular weight excluding hydrogens is 232 g/mol. The van der Waals surface area contributed by atoms with E-state index >= 15 is 0 Å². The van der Waals surface area contributed by atoms with E-state index in [-0.39, 0.29) is 0 Å². The minimum Gasteiger partial charge on any atom is -0.317 e. The molecule has 2 heteroatoms. The van der Waals surface area contributed by atoms with Crippen LogP contribution >= 0.6 is 0 Å². The molecule has 1 N–H and O–H groups in total. The fourth-order valence-electron chi connectivity index (χ4n) is 3.55. The Morgan fingerprint density at radius 1 is 1.11 bits per heavy atom. The molecule has 0 saturated carbocycles. The fraction of sp³-hybridized carbons (Fsp3) is 0.647. The summed E-state index contributed by atoms with van der Waals surface area (Å²) in [5.41, 5.74) is 3.07. The topological polar surface area (TPSA) is 15.3 Å². The molecule has 0 spiro atoms. The summed E-state index contributed by atoms with van der Waals surface area (Å²) in [6.07, 6.45) is 5.28. The Kier molecular flexibility index (Phi) is 4.19. The molecule has 0 aromatic heterocycles. The normalized spacial score (nSPS) is 25.8. The van der Waals surface area contributed by atoms with Gasteiger partial charge in [-0.3, -0.25) is 0 Å². The van der Waals surface area contributed by atoms with Crippen LogP contribution in [0.15, 0.2) is 24.3 Å². The first-order valence-corrected chi connectivity index (χ1v) is 7.79. The van der Waals surface area contributed by atoms with Gasteiger partial charge in [0.1, 0.15) is 0 Å². The fourth-order valence-corrected chi connectivity index (χ4v) is 3.55. The lowest BCUT2D eigenvalue weighted by Crippen LogP contribution is -2.28. The Bertz CT molecular complexity index is 392. The lowest BCUT2D eigenvalue weighted by Gasteiger charge is -2.22. The van der Waals surface area contributed by atoms with Gasteiger partial charge in [-0.1, -0.05) is 24.3 Å². The Morgan fingerprint density at radius 2 is 1.84 bits per heavy atom. The van der Waals surface area contributed by atoms with Crippen molar-refractivity contribution < 1.29 is 0 Å². The minimum absolute atomic E-state index is 0.762. The SMILES string of the molecule is CN1CCC(c2ccc(CC3CCNCC3)cc2)C1. The van der Waals surface area contributed by atoms with Crippen LogP contribution in [0.25, 0.3) is 0 Å². The van der Waals surface area contributed by atoms with Gasteiger partial charge >= 0.3 is 0 Å². The van der Waals surface area contributed by atoms with Crippen LogP contribution in [0.5, 0.6) is 0 Å². The van der Waals surface area contributed by atoms with Crippen molar-refractivity contribution in [2.45, 2.75) is 31.6 Å². The van der Waals surface area contributed by atoms with Crippen molar-refractivity contribution in [1.82, 2.24) is 10.2 Å². The third-order valence-electron chi connectivity index (χ3n) is 4.83. The zero-order valence-electron chi connectivity index (χ0n) is 12.1. The molecule has 19 heavy (non-hydrogen) atoms. The van der Waals surface area contributed by atoms with Gasteiger partial charge in [0.25, 0.3) is 0 Å². The zero-order chi connectivity index (χ0) is 13.1. The number of hydrogen-bond donors (Lipinski definition) is 1. The Hall–Kier alpha value is -0.860. The van der Waals surface area contributed by atoms with Crippen molar-refractivity contribution >= 4 is 0 Å². The van der Waals surface area contributed by atoms with Gasteiger partial charge in [0.05, 0.1) is 0 Å². The van der Waals surface area contributed by atoms with Crippen LogP contribution in [-0.4, -0.2) is 38.1 Å². The summed E-state index contributed by atoms with van der Waals surface area (Å²) < 4.78 is 0. The first-order valence-electron chi connectivity index (χ1n) is 7.79. The molecule has 0 bridgehead atoms. The lowest BCUT2D eigenvalue weighted by molar-refractivity contribution is 0.372. The Morgan fingerprint density at radius 3 is 2.47 bits per heavy atom. The van der Waals surface area contributed by atoms with Gasteiger partial charge in [-0.15, -0.1) is 0 Å². The monoisotopic (exact) mass is 258 g/mol. The maximum absolute atomic E-state index is 3.45. The number of likely N-dealkylation sites (N-methyl/N-ethyl adjacent to an activating group) is 1. The van der Waals surface area contributed by atoms with E-state index in [0.29, 0.717) is 0 Å². The van der Waals surface area contributed by atoms with Gasteiger partial charge < -0.3 is 10.2 Å². The Balaban J connectivity index is 1.59. The summed E-state index contributed by atoms with van der Waals surface area (Å²) in [4.78, 5) is 2.44. The van der Waals surface area contributed by atoms with Gasteiger partial charge in [0.2, 0.25) is 0 Å². The van der Waals surface area contributed by atoms with Crippen molar-refractivity contribution in [1.29, 1.82) is 0 Å². The maximum atomic E-state index is 3.45. The first-order chi connectivity index (χ1) is 9.31. The molecule has 104 valence electrons. The average molecular weight is 258 g/mol. The third-order valence-corrected chi connectivity index (χ3v) is 4.83. The van der Waals surface area contributed by atoms with Gasteiger partial charge in [-0.2, -0.15) is 0 Å². The highest BCUT2D eigenvalue weighted by Gasteiger charge is 2.21. The standard InChI is InChI=1S/C17H26N2/c1-19-11-8-17(13-19)16-4-2-14(3-5-16)12-15-6-9-18-10-7-15/h2-5,15,17-18H,6-13H2,1H3. The van der Waals surface area contributed by atoms with Crippen molar-refractivity contribution in [2.24, 2.45) is 5.92 Å². The lowest BCUT2D eigenvalue weighted by atomic mass is 9.89. The number of benzene rings is 1. The second-order valence-corrected chi connectivity index (χ2v) is 6.39. The van der Waals surface area contributed by atoms with E-state index in [2.05, 4.69) is 41.5 Å². The van der Waals surface area contributed by atoms with Crippen LogP contribution in [0.3, 0.4) is 0 Å². The largest absolute Gasteiger partial charge is 0.317 e. The number of nitrogens with zero attached hydrogens (tertiary/aromatic N) is 1. The second-order valence-electron chi connectivity index (χ2n) is 6.39. The van der Waals surface area contributed by atoms with E-state index in [1.807, 2.05) is 0 Å². The highest BCUT2D eigenvalue weighted by Crippen LogP contribution is 2.27. The summed E-state index contributed by atoms with van der Waals surface area (Å²) in [6, 6.07) is 9.49. The van der Waals surface area contributed by atoms with Crippen LogP contribution in [0.4, 0.5) is 0 Å². The third kappa shape index (κ3) is 3.37. The average Bonchev–Trinajstić information content (AvgIpc) is 2.87. The van der Waals surface area contributed by atoms with E-state index in [1.165, 1.54) is 57.4 Å². The van der Waals surface area contributed by atoms with Gasteiger partial charge in [-0.25, -0.2) is 0 Å². The molecule has 2 fully saturated rings. The molecule has 2 aliphatic heterocycles. The number of hydrogen-bond acceptors (Lipinski definition) is 2. The number of piperidine rings is 1. The molecule has 0 radical (unpaired) electrons. The molecule has 0 amide bonds. The summed E-state index contributed by atoms with van der Waals surface area (Å²) in [7, 11) is 2.23. The van der Waals surface area contributed by atoms with Gasteiger partial charge in [0, 0.05) is 6.54 Å². The predicted octanol–water partition coefficient (Wildman–Crippen LogP) is 2.65. The molecule has 2 heterocycles. The van der Waals surface area contributed by atoms with Crippen LogP contribution in [-0.2, 0) is 6.42 Å². The molecule has 2 saturated heterocycles. The van der Waals surface area contributed by atoms with Crippen molar-refractivity contribution in [3.8, 4) is 0 Å². The summed E-state index contributed by atoms with van der Waals surface area (Å²) >= 11 is 0. The highest BCUT2D eigenvalue weighted by molar-refractivity contribution is 5.26.